The lowest BCUT2D eigenvalue weighted by molar-refractivity contribution is -0.130. The number of carbonyl (C=O) groups is 1. The zero-order chi connectivity index (χ0) is 22.0. The van der Waals surface area contributed by atoms with Crippen molar-refractivity contribution in [3.63, 3.8) is 0 Å². The van der Waals surface area contributed by atoms with Gasteiger partial charge in [-0.05, 0) is 18.2 Å². The number of piperidine rings is 1. The number of nitrogens with zero attached hydrogens (tertiary/aromatic N) is 3. The molecule has 0 spiro atoms. The number of benzene rings is 2. The number of rotatable bonds is 5. The zero-order valence-corrected chi connectivity index (χ0v) is 17.9. The topological polar surface area (TPSA) is 76.6 Å². The van der Waals surface area contributed by atoms with Crippen molar-refractivity contribution in [2.75, 3.05) is 25.5 Å². The summed E-state index contributed by atoms with van der Waals surface area (Å²) < 4.78 is 25.3. The van der Waals surface area contributed by atoms with E-state index in [1.807, 2.05) is 4.90 Å². The molecule has 1 saturated heterocycles. The van der Waals surface area contributed by atoms with E-state index in [0.29, 0.717) is 47.0 Å². The SMILES string of the molecule is COc1cc(OC2CCN(C(C)=O)CC2)c2c(Nc3ccc(F)c(Cl)c3)ncnc2c1. The normalized spacial score (nSPS) is 14.5. The number of aromatic nitrogens is 2. The summed E-state index contributed by atoms with van der Waals surface area (Å²) in [5.74, 6) is 1.27. The third-order valence-electron chi connectivity index (χ3n) is 5.27. The van der Waals surface area contributed by atoms with Crippen LogP contribution >= 0.6 is 11.6 Å². The van der Waals surface area contributed by atoms with E-state index in [-0.39, 0.29) is 17.0 Å². The van der Waals surface area contributed by atoms with E-state index >= 15 is 0 Å². The van der Waals surface area contributed by atoms with Crippen molar-refractivity contribution in [2.24, 2.45) is 0 Å². The average molecular weight is 445 g/mol. The molecule has 1 fully saturated rings. The highest BCUT2D eigenvalue weighted by molar-refractivity contribution is 6.31. The molecule has 2 heterocycles. The molecule has 0 aliphatic carbocycles. The van der Waals surface area contributed by atoms with Crippen LogP contribution < -0.4 is 14.8 Å². The molecule has 7 nitrogen and oxygen atoms in total. The molecule has 3 aromatic rings. The number of ether oxygens (including phenoxy) is 2. The molecular weight excluding hydrogens is 423 g/mol. The van der Waals surface area contributed by atoms with Gasteiger partial charge in [-0.2, -0.15) is 0 Å². The molecule has 1 N–H and O–H groups in total. The molecule has 0 bridgehead atoms. The Hall–Kier alpha value is -3.13. The Bertz CT molecular complexity index is 1120. The Morgan fingerprint density at radius 2 is 2.00 bits per heavy atom. The minimum atomic E-state index is -0.495. The molecule has 2 aromatic carbocycles. The van der Waals surface area contributed by atoms with Crippen LogP contribution in [0.2, 0.25) is 5.02 Å². The molecule has 31 heavy (non-hydrogen) atoms. The van der Waals surface area contributed by atoms with Gasteiger partial charge in [-0.1, -0.05) is 11.6 Å². The molecule has 0 saturated carbocycles. The van der Waals surface area contributed by atoms with Crippen LogP contribution in [0.5, 0.6) is 11.5 Å². The van der Waals surface area contributed by atoms with Gasteiger partial charge in [-0.15, -0.1) is 0 Å². The molecule has 1 aliphatic heterocycles. The van der Waals surface area contributed by atoms with Crippen molar-refractivity contribution in [1.29, 1.82) is 0 Å². The average Bonchev–Trinajstić information content (AvgIpc) is 2.76. The Balaban J connectivity index is 1.68. The fourth-order valence-corrected chi connectivity index (χ4v) is 3.79. The predicted molar refractivity (Wildman–Crippen MR) is 117 cm³/mol. The summed E-state index contributed by atoms with van der Waals surface area (Å²) in [6.45, 7) is 2.88. The number of nitrogens with one attached hydrogen (secondary N) is 1. The molecule has 0 atom stereocenters. The number of fused-ring (bicyclic) bond motifs is 1. The van der Waals surface area contributed by atoms with Crippen molar-refractivity contribution >= 4 is 39.9 Å². The minimum absolute atomic E-state index is 0.0127. The first kappa shape index (κ1) is 21.1. The lowest BCUT2D eigenvalue weighted by atomic mass is 10.1. The van der Waals surface area contributed by atoms with Gasteiger partial charge in [0, 0.05) is 50.7 Å². The zero-order valence-electron chi connectivity index (χ0n) is 17.2. The Kier molecular flexibility index (Phi) is 6.08. The number of amides is 1. The van der Waals surface area contributed by atoms with Gasteiger partial charge in [-0.3, -0.25) is 4.79 Å². The van der Waals surface area contributed by atoms with E-state index in [9.17, 15) is 9.18 Å². The van der Waals surface area contributed by atoms with Crippen molar-refractivity contribution in [3.8, 4) is 11.5 Å². The van der Waals surface area contributed by atoms with Crippen LogP contribution in [0.3, 0.4) is 0 Å². The highest BCUT2D eigenvalue weighted by atomic mass is 35.5. The van der Waals surface area contributed by atoms with E-state index in [2.05, 4.69) is 15.3 Å². The van der Waals surface area contributed by atoms with Crippen molar-refractivity contribution in [2.45, 2.75) is 25.9 Å². The first-order valence-corrected chi connectivity index (χ1v) is 10.3. The molecule has 0 radical (unpaired) electrons. The standard InChI is InChI=1S/C22H22ClFN4O3/c1-13(29)28-7-5-15(6-8-28)31-20-11-16(30-2)10-19-21(20)22(26-12-25-19)27-14-3-4-18(24)17(23)9-14/h3-4,9-12,15H,5-8H2,1-2H3,(H,25,26,27). The van der Waals surface area contributed by atoms with Gasteiger partial charge in [-0.25, -0.2) is 14.4 Å². The fraction of sp³-hybridized carbons (Fsp3) is 0.318. The predicted octanol–water partition coefficient (Wildman–Crippen LogP) is 4.56. The Morgan fingerprint density at radius 3 is 2.68 bits per heavy atom. The molecule has 162 valence electrons. The van der Waals surface area contributed by atoms with Gasteiger partial charge in [0.2, 0.25) is 5.91 Å². The summed E-state index contributed by atoms with van der Waals surface area (Å²) in [5, 5.41) is 3.87. The van der Waals surface area contributed by atoms with E-state index in [1.54, 1.807) is 32.2 Å². The summed E-state index contributed by atoms with van der Waals surface area (Å²) in [4.78, 5) is 22.1. The van der Waals surface area contributed by atoms with Gasteiger partial charge in [0.1, 0.15) is 35.6 Å². The second kappa shape index (κ2) is 8.93. The van der Waals surface area contributed by atoms with Gasteiger partial charge in [0.25, 0.3) is 0 Å². The highest BCUT2D eigenvalue weighted by Gasteiger charge is 2.24. The van der Waals surface area contributed by atoms with Gasteiger partial charge < -0.3 is 19.7 Å². The highest BCUT2D eigenvalue weighted by Crippen LogP contribution is 2.37. The van der Waals surface area contributed by atoms with Crippen LogP contribution in [-0.2, 0) is 4.79 Å². The van der Waals surface area contributed by atoms with Gasteiger partial charge >= 0.3 is 0 Å². The van der Waals surface area contributed by atoms with Crippen LogP contribution in [0.25, 0.3) is 10.9 Å². The van der Waals surface area contributed by atoms with Gasteiger partial charge in [0.15, 0.2) is 0 Å². The smallest absolute Gasteiger partial charge is 0.219 e. The van der Waals surface area contributed by atoms with E-state index in [1.165, 1.54) is 18.5 Å². The lowest BCUT2D eigenvalue weighted by Crippen LogP contribution is -2.40. The summed E-state index contributed by atoms with van der Waals surface area (Å²) in [7, 11) is 1.58. The minimum Gasteiger partial charge on any atom is -0.497 e. The maximum Gasteiger partial charge on any atom is 0.219 e. The fourth-order valence-electron chi connectivity index (χ4n) is 3.61. The second-order valence-corrected chi connectivity index (χ2v) is 7.73. The molecule has 1 aliphatic rings. The van der Waals surface area contributed by atoms with E-state index in [0.717, 1.165) is 12.8 Å². The molecule has 9 heteroatoms. The van der Waals surface area contributed by atoms with Crippen molar-refractivity contribution < 1.29 is 18.7 Å². The summed E-state index contributed by atoms with van der Waals surface area (Å²) in [5.41, 5.74) is 1.23. The molecule has 1 amide bonds. The summed E-state index contributed by atoms with van der Waals surface area (Å²) in [6, 6.07) is 7.96. The van der Waals surface area contributed by atoms with Crippen LogP contribution in [0.15, 0.2) is 36.7 Å². The summed E-state index contributed by atoms with van der Waals surface area (Å²) in [6.07, 6.45) is 2.83. The monoisotopic (exact) mass is 444 g/mol. The third-order valence-corrected chi connectivity index (χ3v) is 5.56. The van der Waals surface area contributed by atoms with Crippen LogP contribution in [0, 0.1) is 5.82 Å². The lowest BCUT2D eigenvalue weighted by Gasteiger charge is -2.31. The van der Waals surface area contributed by atoms with Crippen LogP contribution in [-0.4, -0.2) is 47.1 Å². The van der Waals surface area contributed by atoms with E-state index in [4.69, 9.17) is 21.1 Å². The quantitative estimate of drug-likeness (QED) is 0.621. The van der Waals surface area contributed by atoms with Crippen molar-refractivity contribution in [1.82, 2.24) is 14.9 Å². The number of hydrogen-bond donors (Lipinski definition) is 1. The number of halogens is 2. The first-order chi connectivity index (χ1) is 14.9. The first-order valence-electron chi connectivity index (χ1n) is 9.91. The number of methoxy groups -OCH3 is 1. The maximum atomic E-state index is 13.5. The molecular formula is C22H22ClFN4O3. The maximum absolute atomic E-state index is 13.5. The largest absolute Gasteiger partial charge is 0.497 e. The molecule has 4 rings (SSSR count). The molecule has 1 aromatic heterocycles. The number of hydrogen-bond acceptors (Lipinski definition) is 6. The summed E-state index contributed by atoms with van der Waals surface area (Å²) >= 11 is 5.92. The third kappa shape index (κ3) is 4.64. The molecule has 0 unspecified atom stereocenters. The van der Waals surface area contributed by atoms with Gasteiger partial charge in [0.05, 0.1) is 23.0 Å². The number of carbonyl (C=O) groups excluding carboxylic acids is 1. The van der Waals surface area contributed by atoms with Crippen LogP contribution in [0.1, 0.15) is 19.8 Å². The number of anilines is 2. The van der Waals surface area contributed by atoms with Crippen LogP contribution in [0.4, 0.5) is 15.9 Å². The Morgan fingerprint density at radius 1 is 1.23 bits per heavy atom. The van der Waals surface area contributed by atoms with Crippen molar-refractivity contribution in [3.05, 3.63) is 47.5 Å². The van der Waals surface area contributed by atoms with E-state index < -0.39 is 5.82 Å². The Labute approximate surface area is 184 Å². The number of likely N-dealkylation sites (tertiary alicyclic amines) is 1. The second-order valence-electron chi connectivity index (χ2n) is 7.32.